The average molecular weight is 311 g/mol. The predicted octanol–water partition coefficient (Wildman–Crippen LogP) is 2.16. The van der Waals surface area contributed by atoms with E-state index < -0.39 is 0 Å². The van der Waals surface area contributed by atoms with Crippen LogP contribution in [0, 0.1) is 6.92 Å². The Kier molecular flexibility index (Phi) is 4.50. The Bertz CT molecular complexity index is 703. The highest BCUT2D eigenvalue weighted by atomic mass is 16.1. The zero-order valence-electron chi connectivity index (χ0n) is 13.5. The van der Waals surface area contributed by atoms with Gasteiger partial charge in [-0.3, -0.25) is 14.8 Å². The molecule has 6 heteroatoms. The number of aryl methyl sites for hydroxylation is 1. The van der Waals surface area contributed by atoms with Gasteiger partial charge in [0.15, 0.2) is 0 Å². The molecule has 2 aromatic heterocycles. The molecule has 1 aliphatic rings. The Morgan fingerprint density at radius 3 is 3.00 bits per heavy atom. The Morgan fingerprint density at radius 1 is 1.35 bits per heavy atom. The lowest BCUT2D eigenvalue weighted by molar-refractivity contribution is -0.119. The first-order chi connectivity index (χ1) is 11.1. The Balaban J connectivity index is 1.82. The minimum atomic E-state index is -0.0661. The molecule has 1 aliphatic heterocycles. The summed E-state index contributed by atoms with van der Waals surface area (Å²) in [6.45, 7) is 4.88. The predicted molar refractivity (Wildman–Crippen MR) is 87.8 cm³/mol. The monoisotopic (exact) mass is 311 g/mol. The van der Waals surface area contributed by atoms with E-state index >= 15 is 0 Å². The van der Waals surface area contributed by atoms with Crippen molar-refractivity contribution in [2.24, 2.45) is 0 Å². The van der Waals surface area contributed by atoms with Crippen LogP contribution in [0.25, 0.3) is 0 Å². The SMILES string of the molecule is CC(=O)NCc1cncc([C@H]2CCCN2c2cccc(C)n2)n1. The number of hydrogen-bond acceptors (Lipinski definition) is 5. The molecule has 1 amide bonds. The van der Waals surface area contributed by atoms with Crippen LogP contribution < -0.4 is 10.2 Å². The first-order valence-corrected chi connectivity index (χ1v) is 7.89. The van der Waals surface area contributed by atoms with E-state index in [-0.39, 0.29) is 11.9 Å². The average Bonchev–Trinajstić information content (AvgIpc) is 3.03. The summed E-state index contributed by atoms with van der Waals surface area (Å²) < 4.78 is 0. The molecule has 0 unspecified atom stereocenters. The van der Waals surface area contributed by atoms with Gasteiger partial charge in [-0.05, 0) is 31.9 Å². The number of amides is 1. The molecule has 0 aromatic carbocycles. The van der Waals surface area contributed by atoms with Gasteiger partial charge in [0.2, 0.25) is 5.91 Å². The summed E-state index contributed by atoms with van der Waals surface area (Å²) in [4.78, 5) is 26.9. The molecule has 1 N–H and O–H groups in total. The topological polar surface area (TPSA) is 71.0 Å². The number of nitrogens with one attached hydrogen (secondary N) is 1. The van der Waals surface area contributed by atoms with E-state index in [0.29, 0.717) is 6.54 Å². The van der Waals surface area contributed by atoms with Gasteiger partial charge in [0.1, 0.15) is 5.82 Å². The second-order valence-corrected chi connectivity index (χ2v) is 5.83. The van der Waals surface area contributed by atoms with Gasteiger partial charge in [-0.15, -0.1) is 0 Å². The van der Waals surface area contributed by atoms with Gasteiger partial charge in [-0.2, -0.15) is 0 Å². The smallest absolute Gasteiger partial charge is 0.217 e. The zero-order valence-corrected chi connectivity index (χ0v) is 13.5. The van der Waals surface area contributed by atoms with E-state index in [4.69, 9.17) is 0 Å². The van der Waals surface area contributed by atoms with Crippen molar-refractivity contribution >= 4 is 11.7 Å². The first kappa shape index (κ1) is 15.4. The summed E-state index contributed by atoms with van der Waals surface area (Å²) >= 11 is 0. The van der Waals surface area contributed by atoms with Crippen molar-refractivity contribution in [2.75, 3.05) is 11.4 Å². The molecule has 6 nitrogen and oxygen atoms in total. The Hall–Kier alpha value is -2.50. The van der Waals surface area contributed by atoms with E-state index in [0.717, 1.165) is 42.3 Å². The number of anilines is 1. The zero-order chi connectivity index (χ0) is 16.2. The molecular weight excluding hydrogens is 290 g/mol. The Morgan fingerprint density at radius 2 is 2.22 bits per heavy atom. The van der Waals surface area contributed by atoms with Crippen molar-refractivity contribution in [3.8, 4) is 0 Å². The number of rotatable bonds is 4. The van der Waals surface area contributed by atoms with Gasteiger partial charge in [0.25, 0.3) is 0 Å². The second kappa shape index (κ2) is 6.73. The van der Waals surface area contributed by atoms with Gasteiger partial charge >= 0.3 is 0 Å². The number of pyridine rings is 1. The third-order valence-electron chi connectivity index (χ3n) is 3.98. The van der Waals surface area contributed by atoms with Crippen LogP contribution in [0.3, 0.4) is 0 Å². The summed E-state index contributed by atoms with van der Waals surface area (Å²) in [5.74, 6) is 0.922. The van der Waals surface area contributed by atoms with Crippen molar-refractivity contribution in [1.82, 2.24) is 20.3 Å². The lowest BCUT2D eigenvalue weighted by Gasteiger charge is -2.25. The van der Waals surface area contributed by atoms with Crippen LogP contribution in [-0.4, -0.2) is 27.4 Å². The third kappa shape index (κ3) is 3.64. The van der Waals surface area contributed by atoms with Crippen molar-refractivity contribution in [1.29, 1.82) is 0 Å². The fourth-order valence-corrected chi connectivity index (χ4v) is 2.92. The van der Waals surface area contributed by atoms with E-state index in [2.05, 4.69) is 25.2 Å². The van der Waals surface area contributed by atoms with E-state index in [1.165, 1.54) is 6.92 Å². The normalized spacial score (nSPS) is 17.3. The number of aromatic nitrogens is 3. The summed E-state index contributed by atoms with van der Waals surface area (Å²) in [6.07, 6.45) is 5.66. The number of carbonyl (C=O) groups is 1. The highest BCUT2D eigenvalue weighted by Crippen LogP contribution is 2.34. The van der Waals surface area contributed by atoms with Crippen LogP contribution in [0.4, 0.5) is 5.82 Å². The van der Waals surface area contributed by atoms with Crippen molar-refractivity contribution in [3.63, 3.8) is 0 Å². The molecule has 0 saturated carbocycles. The second-order valence-electron chi connectivity index (χ2n) is 5.83. The summed E-state index contributed by atoms with van der Waals surface area (Å²) in [6, 6.07) is 6.27. The molecule has 2 aromatic rings. The van der Waals surface area contributed by atoms with Gasteiger partial charge in [0, 0.05) is 19.2 Å². The van der Waals surface area contributed by atoms with Crippen LogP contribution in [-0.2, 0) is 11.3 Å². The van der Waals surface area contributed by atoms with Gasteiger partial charge in [0.05, 0.1) is 36.4 Å². The third-order valence-corrected chi connectivity index (χ3v) is 3.98. The van der Waals surface area contributed by atoms with E-state index in [9.17, 15) is 4.79 Å². The summed E-state index contributed by atoms with van der Waals surface area (Å²) in [5.41, 5.74) is 2.73. The number of hydrogen-bond donors (Lipinski definition) is 1. The standard InChI is InChI=1S/C17H21N5O/c1-12-5-3-7-17(20-12)22-8-4-6-16(22)15-11-18-9-14(21-15)10-19-13(2)23/h3,5,7,9,11,16H,4,6,8,10H2,1-2H3,(H,19,23)/t16-/m1/s1. The first-order valence-electron chi connectivity index (χ1n) is 7.89. The van der Waals surface area contributed by atoms with Crippen molar-refractivity contribution < 1.29 is 4.79 Å². The molecule has 0 radical (unpaired) electrons. The quantitative estimate of drug-likeness (QED) is 0.937. The molecule has 120 valence electrons. The minimum Gasteiger partial charge on any atom is -0.351 e. The molecule has 1 fully saturated rings. The molecule has 0 bridgehead atoms. The van der Waals surface area contributed by atoms with E-state index in [1.54, 1.807) is 6.20 Å². The summed E-state index contributed by atoms with van der Waals surface area (Å²) in [7, 11) is 0. The molecular formula is C17H21N5O. The van der Waals surface area contributed by atoms with Gasteiger partial charge in [-0.25, -0.2) is 4.98 Å². The van der Waals surface area contributed by atoms with Crippen LogP contribution in [0.1, 0.15) is 42.9 Å². The lowest BCUT2D eigenvalue weighted by atomic mass is 10.1. The molecule has 1 saturated heterocycles. The van der Waals surface area contributed by atoms with Crippen LogP contribution in [0.2, 0.25) is 0 Å². The minimum absolute atomic E-state index is 0.0661. The highest BCUT2D eigenvalue weighted by molar-refractivity contribution is 5.72. The molecule has 1 atom stereocenters. The summed E-state index contributed by atoms with van der Waals surface area (Å²) in [5, 5.41) is 2.76. The molecule has 0 aliphatic carbocycles. The lowest BCUT2D eigenvalue weighted by Crippen LogP contribution is -2.25. The largest absolute Gasteiger partial charge is 0.351 e. The van der Waals surface area contributed by atoms with Crippen molar-refractivity contribution in [2.45, 2.75) is 39.3 Å². The fraction of sp³-hybridized carbons (Fsp3) is 0.412. The molecule has 3 rings (SSSR count). The Labute approximate surface area is 136 Å². The van der Waals surface area contributed by atoms with E-state index in [1.807, 2.05) is 31.3 Å². The maximum absolute atomic E-state index is 11.1. The van der Waals surface area contributed by atoms with Crippen molar-refractivity contribution in [3.05, 3.63) is 47.7 Å². The maximum Gasteiger partial charge on any atom is 0.217 e. The highest BCUT2D eigenvalue weighted by Gasteiger charge is 2.28. The van der Waals surface area contributed by atoms with Gasteiger partial charge in [-0.1, -0.05) is 6.07 Å². The van der Waals surface area contributed by atoms with Crippen LogP contribution in [0.5, 0.6) is 0 Å². The fourth-order valence-electron chi connectivity index (χ4n) is 2.92. The van der Waals surface area contributed by atoms with Crippen LogP contribution in [0.15, 0.2) is 30.6 Å². The molecule has 3 heterocycles. The maximum atomic E-state index is 11.1. The van der Waals surface area contributed by atoms with Gasteiger partial charge < -0.3 is 10.2 Å². The number of carbonyl (C=O) groups excluding carboxylic acids is 1. The molecule has 0 spiro atoms. The number of nitrogens with zero attached hydrogens (tertiary/aromatic N) is 4. The molecule has 23 heavy (non-hydrogen) atoms. The van der Waals surface area contributed by atoms with Crippen LogP contribution >= 0.6 is 0 Å².